The van der Waals surface area contributed by atoms with Crippen molar-refractivity contribution >= 4 is 22.8 Å². The van der Waals surface area contributed by atoms with Crippen molar-refractivity contribution in [2.75, 3.05) is 5.73 Å². The van der Waals surface area contributed by atoms with Crippen molar-refractivity contribution in [2.24, 2.45) is 0 Å². The van der Waals surface area contributed by atoms with Crippen molar-refractivity contribution in [2.45, 2.75) is 19.3 Å². The highest BCUT2D eigenvalue weighted by molar-refractivity contribution is 7.12. The molecular weight excluding hydrogens is 230 g/mol. The molecule has 1 atom stereocenters. The molecule has 0 radical (unpaired) electrons. The van der Waals surface area contributed by atoms with Crippen LogP contribution in [0.2, 0.25) is 0 Å². The van der Waals surface area contributed by atoms with Gasteiger partial charge in [-0.15, -0.1) is 11.3 Å². The first-order valence-electron chi connectivity index (χ1n) is 5.59. The molecule has 0 amide bonds. The number of thiophene rings is 1. The Hall–Kier alpha value is -1.61. The zero-order valence-corrected chi connectivity index (χ0v) is 10.5. The number of nitrogens with two attached hydrogens (primary N) is 1. The Morgan fingerprint density at radius 2 is 2.00 bits per heavy atom. The Bertz CT molecular complexity index is 487. The summed E-state index contributed by atoms with van der Waals surface area (Å²) in [5, 5.41) is 1.93. The molecule has 2 N–H and O–H groups in total. The van der Waals surface area contributed by atoms with E-state index >= 15 is 0 Å². The fraction of sp³-hybridized carbons (Fsp3) is 0.214. The molecular formula is C14H15NOS. The predicted molar refractivity (Wildman–Crippen MR) is 72.5 cm³/mol. The number of carbonyl (C=O) groups is 1. The number of anilines is 1. The molecule has 1 aromatic carbocycles. The number of hydrogen-bond donors (Lipinski definition) is 1. The van der Waals surface area contributed by atoms with Gasteiger partial charge in [0.05, 0.1) is 4.88 Å². The van der Waals surface area contributed by atoms with Gasteiger partial charge in [-0.05, 0) is 35.1 Å². The summed E-state index contributed by atoms with van der Waals surface area (Å²) in [4.78, 5) is 12.8. The van der Waals surface area contributed by atoms with Crippen LogP contribution in [0.25, 0.3) is 0 Å². The Balaban J connectivity index is 2.04. The van der Waals surface area contributed by atoms with Gasteiger partial charge in [0.15, 0.2) is 5.78 Å². The summed E-state index contributed by atoms with van der Waals surface area (Å²) in [5.41, 5.74) is 7.55. The zero-order chi connectivity index (χ0) is 12.3. The summed E-state index contributed by atoms with van der Waals surface area (Å²) in [6.07, 6.45) is 0.546. The van der Waals surface area contributed by atoms with Crippen LogP contribution in [0.15, 0.2) is 41.8 Å². The molecule has 0 bridgehead atoms. The third kappa shape index (κ3) is 2.94. The first-order chi connectivity index (χ1) is 8.16. The van der Waals surface area contributed by atoms with Crippen LogP contribution in [0.1, 0.15) is 34.5 Å². The zero-order valence-electron chi connectivity index (χ0n) is 9.72. The van der Waals surface area contributed by atoms with Crippen molar-refractivity contribution in [1.82, 2.24) is 0 Å². The number of ketones is 1. The van der Waals surface area contributed by atoms with Crippen LogP contribution in [0.4, 0.5) is 5.69 Å². The quantitative estimate of drug-likeness (QED) is 0.659. The standard InChI is InChI=1S/C14H15NOS/c1-10(11-4-6-12(15)7-5-11)9-13(16)14-3-2-8-17-14/h2-8,10H,9,15H2,1H3. The molecule has 0 fully saturated rings. The van der Waals surface area contributed by atoms with Gasteiger partial charge in [-0.2, -0.15) is 0 Å². The molecule has 0 aliphatic rings. The summed E-state index contributed by atoms with van der Waals surface area (Å²) in [5.74, 6) is 0.439. The summed E-state index contributed by atoms with van der Waals surface area (Å²) in [7, 11) is 0. The average Bonchev–Trinajstić information content (AvgIpc) is 2.83. The lowest BCUT2D eigenvalue weighted by atomic mass is 9.95. The van der Waals surface area contributed by atoms with Crippen LogP contribution in [-0.2, 0) is 0 Å². The minimum atomic E-state index is 0.212. The van der Waals surface area contributed by atoms with Crippen LogP contribution in [0, 0.1) is 0 Å². The van der Waals surface area contributed by atoms with E-state index in [0.717, 1.165) is 16.1 Å². The highest BCUT2D eigenvalue weighted by Gasteiger charge is 2.13. The van der Waals surface area contributed by atoms with Crippen LogP contribution >= 0.6 is 11.3 Å². The normalized spacial score (nSPS) is 12.3. The van der Waals surface area contributed by atoms with E-state index in [2.05, 4.69) is 6.92 Å². The molecule has 88 valence electrons. The van der Waals surface area contributed by atoms with Crippen molar-refractivity contribution < 1.29 is 4.79 Å². The Labute approximate surface area is 105 Å². The van der Waals surface area contributed by atoms with Gasteiger partial charge < -0.3 is 5.73 Å². The summed E-state index contributed by atoms with van der Waals surface area (Å²) >= 11 is 1.50. The number of nitrogen functional groups attached to an aromatic ring is 1. The molecule has 3 heteroatoms. The molecule has 1 heterocycles. The van der Waals surface area contributed by atoms with Gasteiger partial charge in [-0.3, -0.25) is 4.79 Å². The smallest absolute Gasteiger partial charge is 0.173 e. The third-order valence-electron chi connectivity index (χ3n) is 2.79. The fourth-order valence-corrected chi connectivity index (χ4v) is 2.43. The molecule has 1 unspecified atom stereocenters. The van der Waals surface area contributed by atoms with Crippen LogP contribution in [0.5, 0.6) is 0 Å². The van der Waals surface area contributed by atoms with Crippen molar-refractivity contribution in [3.05, 3.63) is 52.2 Å². The lowest BCUT2D eigenvalue weighted by Crippen LogP contribution is -2.03. The molecule has 2 nitrogen and oxygen atoms in total. The minimum Gasteiger partial charge on any atom is -0.399 e. The number of benzene rings is 1. The first kappa shape index (κ1) is 11.9. The molecule has 0 saturated carbocycles. The van der Waals surface area contributed by atoms with E-state index in [-0.39, 0.29) is 11.7 Å². The Morgan fingerprint density at radius 1 is 1.29 bits per heavy atom. The second kappa shape index (κ2) is 5.15. The second-order valence-electron chi connectivity index (χ2n) is 4.17. The van der Waals surface area contributed by atoms with Crippen LogP contribution in [0.3, 0.4) is 0 Å². The number of Topliss-reactive ketones (excluding diaryl/α,β-unsaturated/α-hetero) is 1. The van der Waals surface area contributed by atoms with Gasteiger partial charge in [-0.25, -0.2) is 0 Å². The summed E-state index contributed by atoms with van der Waals surface area (Å²) in [6, 6.07) is 11.5. The molecule has 0 saturated heterocycles. The molecule has 2 aromatic rings. The van der Waals surface area contributed by atoms with Gasteiger partial charge in [0.1, 0.15) is 0 Å². The lowest BCUT2D eigenvalue weighted by Gasteiger charge is -2.10. The Morgan fingerprint density at radius 3 is 2.59 bits per heavy atom. The monoisotopic (exact) mass is 245 g/mol. The highest BCUT2D eigenvalue weighted by Crippen LogP contribution is 2.23. The number of hydrogen-bond acceptors (Lipinski definition) is 3. The lowest BCUT2D eigenvalue weighted by molar-refractivity contribution is 0.0979. The molecule has 0 spiro atoms. The SMILES string of the molecule is CC(CC(=O)c1cccs1)c1ccc(N)cc1. The van der Waals surface area contributed by atoms with Gasteiger partial charge in [0.2, 0.25) is 0 Å². The van der Waals surface area contributed by atoms with Gasteiger partial charge >= 0.3 is 0 Å². The van der Waals surface area contributed by atoms with Crippen molar-refractivity contribution in [3.8, 4) is 0 Å². The number of rotatable bonds is 4. The molecule has 0 aliphatic heterocycles. The molecule has 17 heavy (non-hydrogen) atoms. The van der Waals surface area contributed by atoms with Gasteiger partial charge in [0, 0.05) is 12.1 Å². The first-order valence-corrected chi connectivity index (χ1v) is 6.47. The number of carbonyl (C=O) groups excluding carboxylic acids is 1. The van der Waals surface area contributed by atoms with E-state index in [1.54, 1.807) is 0 Å². The molecule has 2 rings (SSSR count). The highest BCUT2D eigenvalue weighted by atomic mass is 32.1. The fourth-order valence-electron chi connectivity index (χ4n) is 1.76. The maximum absolute atomic E-state index is 11.9. The van der Waals surface area contributed by atoms with Crippen molar-refractivity contribution in [3.63, 3.8) is 0 Å². The predicted octanol–water partition coefficient (Wildman–Crippen LogP) is 3.71. The second-order valence-corrected chi connectivity index (χ2v) is 5.12. The summed E-state index contributed by atoms with van der Waals surface area (Å²) in [6.45, 7) is 2.07. The van der Waals surface area contributed by atoms with Gasteiger partial charge in [-0.1, -0.05) is 25.1 Å². The van der Waals surface area contributed by atoms with Crippen molar-refractivity contribution in [1.29, 1.82) is 0 Å². The van der Waals surface area contributed by atoms with E-state index in [1.807, 2.05) is 41.8 Å². The van der Waals surface area contributed by atoms with E-state index in [9.17, 15) is 4.79 Å². The van der Waals surface area contributed by atoms with E-state index < -0.39 is 0 Å². The van der Waals surface area contributed by atoms with Crippen LogP contribution in [-0.4, -0.2) is 5.78 Å². The largest absolute Gasteiger partial charge is 0.399 e. The maximum Gasteiger partial charge on any atom is 0.173 e. The van der Waals surface area contributed by atoms with E-state index in [0.29, 0.717) is 6.42 Å². The molecule has 1 aromatic heterocycles. The van der Waals surface area contributed by atoms with Gasteiger partial charge in [0.25, 0.3) is 0 Å². The van der Waals surface area contributed by atoms with E-state index in [4.69, 9.17) is 5.73 Å². The summed E-state index contributed by atoms with van der Waals surface area (Å²) < 4.78 is 0. The van der Waals surface area contributed by atoms with E-state index in [1.165, 1.54) is 11.3 Å². The third-order valence-corrected chi connectivity index (χ3v) is 3.70. The minimum absolute atomic E-state index is 0.212. The topological polar surface area (TPSA) is 43.1 Å². The Kier molecular flexibility index (Phi) is 3.59. The maximum atomic E-state index is 11.9. The average molecular weight is 245 g/mol. The molecule has 0 aliphatic carbocycles. The van der Waals surface area contributed by atoms with Crippen LogP contribution < -0.4 is 5.73 Å².